The van der Waals surface area contributed by atoms with Crippen LogP contribution in [0, 0.1) is 0 Å². The van der Waals surface area contributed by atoms with Crippen LogP contribution in [0.25, 0.3) is 17.3 Å². The molecule has 0 spiro atoms. The highest BCUT2D eigenvalue weighted by atomic mass is 35.5. The summed E-state index contributed by atoms with van der Waals surface area (Å²) in [5.74, 6) is 1.67. The minimum atomic E-state index is 0.130. The van der Waals surface area contributed by atoms with Gasteiger partial charge in [0, 0.05) is 18.0 Å². The zero-order valence-electron chi connectivity index (χ0n) is 11.3. The van der Waals surface area contributed by atoms with Crippen LogP contribution in [-0.4, -0.2) is 31.1 Å². The summed E-state index contributed by atoms with van der Waals surface area (Å²) in [4.78, 5) is 16.6. The van der Waals surface area contributed by atoms with Gasteiger partial charge in [-0.25, -0.2) is 4.98 Å². The molecule has 0 bridgehead atoms. The average molecular weight is 302 g/mol. The zero-order valence-corrected chi connectivity index (χ0v) is 12.0. The molecule has 106 valence electrons. The first-order valence-electron chi connectivity index (χ1n) is 6.39. The van der Waals surface area contributed by atoms with Crippen molar-refractivity contribution in [2.75, 3.05) is 6.61 Å². The number of hydrogen-bond donors (Lipinski definition) is 0. The van der Waals surface area contributed by atoms with Crippen LogP contribution in [0.5, 0.6) is 5.75 Å². The third-order valence-corrected chi connectivity index (χ3v) is 2.90. The summed E-state index contributed by atoms with van der Waals surface area (Å²) < 4.78 is 7.15. The van der Waals surface area contributed by atoms with E-state index in [-0.39, 0.29) is 5.28 Å². The van der Waals surface area contributed by atoms with Crippen LogP contribution in [0.15, 0.2) is 43.0 Å². The maximum atomic E-state index is 5.99. The summed E-state index contributed by atoms with van der Waals surface area (Å²) >= 11 is 5.99. The lowest BCUT2D eigenvalue weighted by Crippen LogP contribution is -2.03. The summed E-state index contributed by atoms with van der Waals surface area (Å²) in [6.45, 7) is 2.53. The minimum Gasteiger partial charge on any atom is -0.494 e. The zero-order chi connectivity index (χ0) is 14.7. The van der Waals surface area contributed by atoms with Gasteiger partial charge < -0.3 is 4.74 Å². The summed E-state index contributed by atoms with van der Waals surface area (Å²) in [7, 11) is 0. The molecule has 0 amide bonds. The van der Waals surface area contributed by atoms with Crippen molar-refractivity contribution in [1.82, 2.24) is 24.5 Å². The van der Waals surface area contributed by atoms with Crippen molar-refractivity contribution in [3.63, 3.8) is 0 Å². The molecule has 0 aliphatic carbocycles. The summed E-state index contributed by atoms with van der Waals surface area (Å²) in [6, 6.07) is 7.53. The number of halogens is 1. The Balaban J connectivity index is 2.04. The molecule has 2 heterocycles. The topological polar surface area (TPSA) is 65.7 Å². The quantitative estimate of drug-likeness (QED) is 0.741. The molecular formula is C14H12ClN5O. The number of aromatic nitrogens is 5. The largest absolute Gasteiger partial charge is 0.494 e. The van der Waals surface area contributed by atoms with Crippen molar-refractivity contribution >= 4 is 11.6 Å². The summed E-state index contributed by atoms with van der Waals surface area (Å²) in [5.41, 5.74) is 0.812. The van der Waals surface area contributed by atoms with Gasteiger partial charge in [0.1, 0.15) is 12.1 Å². The van der Waals surface area contributed by atoms with Crippen molar-refractivity contribution in [2.45, 2.75) is 6.92 Å². The van der Waals surface area contributed by atoms with Crippen molar-refractivity contribution < 1.29 is 4.74 Å². The number of ether oxygens (including phenoxy) is 1. The first-order valence-corrected chi connectivity index (χ1v) is 6.77. The summed E-state index contributed by atoms with van der Waals surface area (Å²) in [6.07, 6.45) is 4.99. The smallest absolute Gasteiger partial charge is 0.239 e. The molecule has 0 atom stereocenters. The van der Waals surface area contributed by atoms with E-state index in [0.717, 1.165) is 11.3 Å². The van der Waals surface area contributed by atoms with E-state index < -0.39 is 0 Å². The Bertz CT molecular complexity index is 745. The fourth-order valence-corrected chi connectivity index (χ4v) is 2.01. The van der Waals surface area contributed by atoms with Crippen molar-refractivity contribution in [1.29, 1.82) is 0 Å². The molecule has 3 rings (SSSR count). The molecule has 2 aromatic heterocycles. The molecule has 6 nitrogen and oxygen atoms in total. The minimum absolute atomic E-state index is 0.130. The molecule has 0 saturated carbocycles. The van der Waals surface area contributed by atoms with E-state index >= 15 is 0 Å². The Hall–Kier alpha value is -2.47. The number of imidazole rings is 1. The second-order valence-electron chi connectivity index (χ2n) is 4.16. The molecule has 0 radical (unpaired) electrons. The molecule has 3 aromatic rings. The molecule has 0 aliphatic rings. The van der Waals surface area contributed by atoms with Gasteiger partial charge in [0.25, 0.3) is 0 Å². The Morgan fingerprint density at radius 2 is 2.14 bits per heavy atom. The molecule has 0 N–H and O–H groups in total. The van der Waals surface area contributed by atoms with E-state index in [0.29, 0.717) is 18.4 Å². The number of benzene rings is 1. The Morgan fingerprint density at radius 3 is 2.90 bits per heavy atom. The van der Waals surface area contributed by atoms with E-state index in [4.69, 9.17) is 16.3 Å². The Morgan fingerprint density at radius 1 is 1.24 bits per heavy atom. The van der Waals surface area contributed by atoms with E-state index in [1.165, 1.54) is 0 Å². The predicted molar refractivity (Wildman–Crippen MR) is 78.6 cm³/mol. The molecule has 0 aliphatic heterocycles. The molecule has 21 heavy (non-hydrogen) atoms. The normalized spacial score (nSPS) is 10.6. The maximum Gasteiger partial charge on any atom is 0.239 e. The van der Waals surface area contributed by atoms with Crippen LogP contribution < -0.4 is 4.74 Å². The second-order valence-corrected chi connectivity index (χ2v) is 4.50. The lowest BCUT2D eigenvalue weighted by atomic mass is 10.2. The lowest BCUT2D eigenvalue weighted by Gasteiger charge is -2.07. The van der Waals surface area contributed by atoms with Gasteiger partial charge in [-0.1, -0.05) is 12.1 Å². The maximum absolute atomic E-state index is 5.99. The first-order chi connectivity index (χ1) is 10.3. The third-order valence-electron chi connectivity index (χ3n) is 2.73. The van der Waals surface area contributed by atoms with Crippen molar-refractivity contribution in [3.05, 3.63) is 48.3 Å². The highest BCUT2D eigenvalue weighted by Crippen LogP contribution is 2.22. The first kappa shape index (κ1) is 13.5. The van der Waals surface area contributed by atoms with Gasteiger partial charge in [0.05, 0.1) is 6.61 Å². The lowest BCUT2D eigenvalue weighted by molar-refractivity contribution is 0.340. The Labute approximate surface area is 126 Å². The number of rotatable bonds is 4. The molecule has 0 fully saturated rings. The van der Waals surface area contributed by atoms with Crippen LogP contribution in [0.4, 0.5) is 0 Å². The van der Waals surface area contributed by atoms with E-state index in [9.17, 15) is 0 Å². The van der Waals surface area contributed by atoms with Crippen LogP contribution >= 0.6 is 11.6 Å². The molecule has 0 saturated heterocycles. The predicted octanol–water partition coefficient (Wildman–Crippen LogP) is 2.78. The second kappa shape index (κ2) is 5.88. The third kappa shape index (κ3) is 3.00. The molecule has 1 aromatic carbocycles. The van der Waals surface area contributed by atoms with Gasteiger partial charge >= 0.3 is 0 Å². The van der Waals surface area contributed by atoms with Gasteiger partial charge in [-0.05, 0) is 30.7 Å². The van der Waals surface area contributed by atoms with Crippen LogP contribution in [-0.2, 0) is 0 Å². The SMILES string of the molecule is CCOc1cccc(-c2nc(Cl)nc(-n3ccnc3)n2)c1. The Kier molecular flexibility index (Phi) is 3.79. The van der Waals surface area contributed by atoms with Crippen LogP contribution in [0.3, 0.4) is 0 Å². The van der Waals surface area contributed by atoms with E-state index in [2.05, 4.69) is 19.9 Å². The highest BCUT2D eigenvalue weighted by Gasteiger charge is 2.09. The average Bonchev–Trinajstić information content (AvgIpc) is 3.01. The summed E-state index contributed by atoms with van der Waals surface area (Å²) in [5, 5.41) is 0.130. The van der Waals surface area contributed by atoms with E-state index in [1.54, 1.807) is 23.3 Å². The van der Waals surface area contributed by atoms with E-state index in [1.807, 2.05) is 31.2 Å². The molecule has 0 unspecified atom stereocenters. The van der Waals surface area contributed by atoms with Gasteiger partial charge in [-0.15, -0.1) is 0 Å². The van der Waals surface area contributed by atoms with Gasteiger partial charge in [-0.3, -0.25) is 4.57 Å². The van der Waals surface area contributed by atoms with Gasteiger partial charge in [0.15, 0.2) is 5.82 Å². The van der Waals surface area contributed by atoms with Gasteiger partial charge in [0.2, 0.25) is 11.2 Å². The molecular weight excluding hydrogens is 290 g/mol. The van der Waals surface area contributed by atoms with Crippen molar-refractivity contribution in [3.8, 4) is 23.1 Å². The monoisotopic (exact) mass is 301 g/mol. The number of nitrogens with zero attached hydrogens (tertiary/aromatic N) is 5. The van der Waals surface area contributed by atoms with Crippen LogP contribution in [0.2, 0.25) is 5.28 Å². The van der Waals surface area contributed by atoms with Crippen LogP contribution in [0.1, 0.15) is 6.92 Å². The molecule has 7 heteroatoms. The fraction of sp³-hybridized carbons (Fsp3) is 0.143. The van der Waals surface area contributed by atoms with Gasteiger partial charge in [-0.2, -0.15) is 15.0 Å². The standard InChI is InChI=1S/C14H12ClN5O/c1-2-21-11-5-3-4-10(8-11)12-17-13(15)19-14(18-12)20-7-6-16-9-20/h3-9H,2H2,1H3. The highest BCUT2D eigenvalue weighted by molar-refractivity contribution is 6.28. The van der Waals surface area contributed by atoms with Crippen molar-refractivity contribution in [2.24, 2.45) is 0 Å². The number of hydrogen-bond acceptors (Lipinski definition) is 5. The fourth-order valence-electron chi connectivity index (χ4n) is 1.85.